The van der Waals surface area contributed by atoms with Gasteiger partial charge in [0.25, 0.3) is 0 Å². The molecule has 26 heavy (non-hydrogen) atoms. The minimum atomic E-state index is -0.405. The van der Waals surface area contributed by atoms with Gasteiger partial charge in [-0.15, -0.1) is 0 Å². The van der Waals surface area contributed by atoms with Gasteiger partial charge in [0.1, 0.15) is 11.0 Å². The lowest BCUT2D eigenvalue weighted by molar-refractivity contribution is 0.210. The number of fused-ring (bicyclic) bond motifs is 3. The zero-order valence-electron chi connectivity index (χ0n) is 14.7. The second-order valence-corrected chi connectivity index (χ2v) is 6.18. The smallest absolute Gasteiger partial charge is 0.348 e. The molecule has 0 aliphatic rings. The van der Waals surface area contributed by atoms with E-state index in [9.17, 15) is 4.79 Å². The molecule has 0 saturated carbocycles. The van der Waals surface area contributed by atoms with Gasteiger partial charge in [0.2, 0.25) is 5.88 Å². The maximum Gasteiger partial charge on any atom is 0.348 e. The van der Waals surface area contributed by atoms with Crippen molar-refractivity contribution in [3.8, 4) is 11.1 Å². The molecular formula is C21H19NO4. The van der Waals surface area contributed by atoms with Crippen molar-refractivity contribution < 1.29 is 13.6 Å². The van der Waals surface area contributed by atoms with E-state index in [1.54, 1.807) is 13.2 Å². The van der Waals surface area contributed by atoms with Gasteiger partial charge in [0.05, 0.1) is 17.6 Å². The maximum absolute atomic E-state index is 12.7. The Hall–Kier alpha value is -3.05. The fourth-order valence-corrected chi connectivity index (χ4v) is 3.10. The summed E-state index contributed by atoms with van der Waals surface area (Å²) in [4.78, 5) is 12.7. The lowest BCUT2D eigenvalue weighted by Gasteiger charge is -2.06. The van der Waals surface area contributed by atoms with Gasteiger partial charge >= 0.3 is 5.63 Å². The molecule has 0 fully saturated rings. The van der Waals surface area contributed by atoms with Gasteiger partial charge in [-0.05, 0) is 24.6 Å². The highest BCUT2D eigenvalue weighted by atomic mass is 16.5. The normalized spacial score (nSPS) is 11.3. The fraction of sp³-hybridized carbons (Fsp3) is 0.190. The zero-order valence-corrected chi connectivity index (χ0v) is 14.7. The molecule has 1 N–H and O–H groups in total. The standard InChI is InChI=1S/C21H19NO4/c1-13-7-9-14(10-8-13)17-18-19(26-20(17)22-11-12-24-2)15-5-3-4-6-16(15)25-21(18)23/h3-10,22H,11-12H2,1-2H3. The summed E-state index contributed by atoms with van der Waals surface area (Å²) in [5.74, 6) is 0.546. The van der Waals surface area contributed by atoms with Crippen LogP contribution >= 0.6 is 0 Å². The summed E-state index contributed by atoms with van der Waals surface area (Å²) in [5.41, 5.74) is 3.41. The van der Waals surface area contributed by atoms with Crippen molar-refractivity contribution in [1.29, 1.82) is 0 Å². The van der Waals surface area contributed by atoms with Crippen molar-refractivity contribution in [3.63, 3.8) is 0 Å². The van der Waals surface area contributed by atoms with Crippen LogP contribution in [-0.2, 0) is 4.74 Å². The highest BCUT2D eigenvalue weighted by Gasteiger charge is 2.22. The fourth-order valence-electron chi connectivity index (χ4n) is 3.10. The van der Waals surface area contributed by atoms with E-state index in [1.165, 1.54) is 0 Å². The number of furan rings is 1. The molecule has 0 aliphatic heterocycles. The lowest BCUT2D eigenvalue weighted by atomic mass is 10.0. The molecule has 2 heterocycles. The number of hydrogen-bond donors (Lipinski definition) is 1. The molecule has 0 unspecified atom stereocenters. The molecule has 0 atom stereocenters. The number of rotatable bonds is 5. The molecule has 132 valence electrons. The van der Waals surface area contributed by atoms with Crippen LogP contribution in [0.3, 0.4) is 0 Å². The summed E-state index contributed by atoms with van der Waals surface area (Å²) >= 11 is 0. The quantitative estimate of drug-likeness (QED) is 0.422. The van der Waals surface area contributed by atoms with E-state index in [0.717, 1.165) is 22.1 Å². The average Bonchev–Trinajstić information content (AvgIpc) is 3.03. The zero-order chi connectivity index (χ0) is 18.1. The average molecular weight is 349 g/mol. The molecule has 5 heteroatoms. The van der Waals surface area contributed by atoms with Crippen molar-refractivity contribution in [1.82, 2.24) is 0 Å². The van der Waals surface area contributed by atoms with Gasteiger partial charge in [-0.2, -0.15) is 0 Å². The first-order valence-electron chi connectivity index (χ1n) is 8.47. The minimum absolute atomic E-state index is 0.405. The molecule has 0 amide bonds. The van der Waals surface area contributed by atoms with Crippen LogP contribution < -0.4 is 10.9 Å². The molecule has 4 aromatic rings. The largest absolute Gasteiger partial charge is 0.439 e. The Morgan fingerprint density at radius 1 is 1.04 bits per heavy atom. The van der Waals surface area contributed by atoms with Gasteiger partial charge in [-0.25, -0.2) is 4.79 Å². The lowest BCUT2D eigenvalue weighted by Crippen LogP contribution is -2.07. The Bertz CT molecular complexity index is 1120. The Morgan fingerprint density at radius 3 is 2.58 bits per heavy atom. The van der Waals surface area contributed by atoms with Crippen LogP contribution in [0.5, 0.6) is 0 Å². The SMILES string of the molecule is COCCNc1oc2c(c1-c1ccc(C)cc1)c(=O)oc1ccccc12. The molecule has 0 bridgehead atoms. The Morgan fingerprint density at radius 2 is 1.81 bits per heavy atom. The molecule has 0 aliphatic carbocycles. The van der Waals surface area contributed by atoms with E-state index in [2.05, 4.69) is 5.32 Å². The van der Waals surface area contributed by atoms with Crippen LogP contribution in [-0.4, -0.2) is 20.3 Å². The van der Waals surface area contributed by atoms with E-state index < -0.39 is 5.63 Å². The monoisotopic (exact) mass is 349 g/mol. The van der Waals surface area contributed by atoms with Crippen molar-refractivity contribution in [2.75, 3.05) is 25.6 Å². The van der Waals surface area contributed by atoms with Gasteiger partial charge in [-0.3, -0.25) is 0 Å². The molecular weight excluding hydrogens is 330 g/mol. The van der Waals surface area contributed by atoms with Gasteiger partial charge < -0.3 is 18.9 Å². The van der Waals surface area contributed by atoms with Crippen molar-refractivity contribution in [2.45, 2.75) is 6.92 Å². The Balaban J connectivity index is 2.02. The number of nitrogens with one attached hydrogen (secondary N) is 1. The molecule has 2 aromatic heterocycles. The molecule has 5 nitrogen and oxygen atoms in total. The topological polar surface area (TPSA) is 64.6 Å². The van der Waals surface area contributed by atoms with E-state index in [4.69, 9.17) is 13.6 Å². The first-order valence-corrected chi connectivity index (χ1v) is 8.47. The van der Waals surface area contributed by atoms with Crippen LogP contribution in [0.1, 0.15) is 5.56 Å². The highest BCUT2D eigenvalue weighted by Crippen LogP contribution is 2.39. The molecule has 4 rings (SSSR count). The van der Waals surface area contributed by atoms with Crippen molar-refractivity contribution in [2.24, 2.45) is 0 Å². The molecule has 0 saturated heterocycles. The number of hydrogen-bond acceptors (Lipinski definition) is 5. The first-order chi connectivity index (χ1) is 12.7. The van der Waals surface area contributed by atoms with E-state index in [-0.39, 0.29) is 0 Å². The summed E-state index contributed by atoms with van der Waals surface area (Å²) in [7, 11) is 1.64. The summed E-state index contributed by atoms with van der Waals surface area (Å²) < 4.78 is 16.7. The number of benzene rings is 2. The van der Waals surface area contributed by atoms with Crippen LogP contribution in [0.15, 0.2) is 62.2 Å². The van der Waals surface area contributed by atoms with Crippen molar-refractivity contribution >= 4 is 27.8 Å². The summed E-state index contributed by atoms with van der Waals surface area (Å²) in [6.45, 7) is 3.12. The number of anilines is 1. The summed E-state index contributed by atoms with van der Waals surface area (Å²) in [6.07, 6.45) is 0. The van der Waals surface area contributed by atoms with Gasteiger partial charge in [0, 0.05) is 13.7 Å². The minimum Gasteiger partial charge on any atom is -0.439 e. The first kappa shape index (κ1) is 16.4. The second kappa shape index (κ2) is 6.69. The van der Waals surface area contributed by atoms with E-state index in [0.29, 0.717) is 35.6 Å². The molecule has 0 spiro atoms. The van der Waals surface area contributed by atoms with Gasteiger partial charge in [-0.1, -0.05) is 42.0 Å². The Labute approximate surface area is 150 Å². The molecule has 0 radical (unpaired) electrons. The number of aryl methyl sites for hydroxylation is 1. The van der Waals surface area contributed by atoms with Crippen LogP contribution in [0.2, 0.25) is 0 Å². The summed E-state index contributed by atoms with van der Waals surface area (Å²) in [5, 5.41) is 4.46. The number of ether oxygens (including phenoxy) is 1. The van der Waals surface area contributed by atoms with Crippen molar-refractivity contribution in [3.05, 3.63) is 64.5 Å². The maximum atomic E-state index is 12.7. The van der Waals surface area contributed by atoms with Crippen LogP contribution in [0.25, 0.3) is 33.1 Å². The Kier molecular flexibility index (Phi) is 4.22. The third kappa shape index (κ3) is 2.76. The molecule has 2 aromatic carbocycles. The van der Waals surface area contributed by atoms with Gasteiger partial charge in [0.15, 0.2) is 5.58 Å². The predicted octanol–water partition coefficient (Wildman–Crippen LogP) is 4.57. The highest BCUT2D eigenvalue weighted by molar-refractivity contribution is 6.09. The third-order valence-corrected chi connectivity index (χ3v) is 4.38. The van der Waals surface area contributed by atoms with Crippen LogP contribution in [0, 0.1) is 6.92 Å². The summed E-state index contributed by atoms with van der Waals surface area (Å²) in [6, 6.07) is 15.4. The second-order valence-electron chi connectivity index (χ2n) is 6.18. The number of methoxy groups -OCH3 is 1. The van der Waals surface area contributed by atoms with E-state index in [1.807, 2.05) is 49.4 Å². The number of para-hydroxylation sites is 1. The van der Waals surface area contributed by atoms with E-state index >= 15 is 0 Å². The van der Waals surface area contributed by atoms with Crippen LogP contribution in [0.4, 0.5) is 5.88 Å². The third-order valence-electron chi connectivity index (χ3n) is 4.38. The predicted molar refractivity (Wildman–Crippen MR) is 103 cm³/mol.